The Morgan fingerprint density at radius 1 is 1.11 bits per heavy atom. The zero-order valence-electron chi connectivity index (χ0n) is 14.9. The number of aryl methyl sites for hydroxylation is 1. The normalized spacial score (nSPS) is 12.4. The minimum atomic E-state index is -0.0584. The molecule has 136 valence electrons. The highest BCUT2D eigenvalue weighted by molar-refractivity contribution is 7.21. The number of hydrogen-bond acceptors (Lipinski definition) is 3. The second kappa shape index (κ2) is 7.67. The van der Waals surface area contributed by atoms with E-state index in [4.69, 9.17) is 11.6 Å². The molecule has 0 saturated heterocycles. The van der Waals surface area contributed by atoms with Gasteiger partial charge in [-0.1, -0.05) is 60.1 Å². The van der Waals surface area contributed by atoms with Gasteiger partial charge in [0.15, 0.2) is 0 Å². The Bertz CT molecular complexity index is 1110. The number of fused-ring (bicyclic) bond motifs is 3. The van der Waals surface area contributed by atoms with Gasteiger partial charge in [0.1, 0.15) is 5.15 Å². The molecule has 1 amide bonds. The zero-order chi connectivity index (χ0) is 18.8. The highest BCUT2D eigenvalue weighted by Crippen LogP contribution is 2.35. The van der Waals surface area contributed by atoms with Gasteiger partial charge in [-0.05, 0) is 37.5 Å². The van der Waals surface area contributed by atoms with Crippen LogP contribution in [0.4, 0.5) is 0 Å². The van der Waals surface area contributed by atoms with Gasteiger partial charge in [-0.25, -0.2) is 4.98 Å². The molecular weight excluding hydrogens is 376 g/mol. The predicted octanol–water partition coefficient (Wildman–Crippen LogP) is 5.85. The van der Waals surface area contributed by atoms with Crippen molar-refractivity contribution in [2.45, 2.75) is 25.8 Å². The van der Waals surface area contributed by atoms with Gasteiger partial charge >= 0.3 is 0 Å². The molecule has 27 heavy (non-hydrogen) atoms. The highest BCUT2D eigenvalue weighted by atomic mass is 35.5. The second-order valence-electron chi connectivity index (χ2n) is 6.67. The second-order valence-corrected chi connectivity index (χ2v) is 8.08. The van der Waals surface area contributed by atoms with Crippen molar-refractivity contribution in [3.63, 3.8) is 0 Å². The van der Waals surface area contributed by atoms with Gasteiger partial charge in [0.25, 0.3) is 5.91 Å². The van der Waals surface area contributed by atoms with E-state index in [1.165, 1.54) is 16.9 Å². The summed E-state index contributed by atoms with van der Waals surface area (Å²) in [6.07, 6.45) is 1.83. The summed E-state index contributed by atoms with van der Waals surface area (Å²) in [5.74, 6) is -0.0584. The van der Waals surface area contributed by atoms with Crippen molar-refractivity contribution in [1.29, 1.82) is 0 Å². The van der Waals surface area contributed by atoms with Crippen LogP contribution in [-0.2, 0) is 6.42 Å². The van der Waals surface area contributed by atoms with Crippen molar-refractivity contribution in [3.05, 3.63) is 76.3 Å². The summed E-state index contributed by atoms with van der Waals surface area (Å²) in [6, 6.07) is 20.1. The largest absolute Gasteiger partial charge is 0.349 e. The molecule has 2 aromatic heterocycles. The lowest BCUT2D eigenvalue weighted by Crippen LogP contribution is -2.32. The maximum atomic E-state index is 12.7. The summed E-state index contributed by atoms with van der Waals surface area (Å²) in [5, 5.41) is 5.41. The van der Waals surface area contributed by atoms with Crippen molar-refractivity contribution in [2.24, 2.45) is 0 Å². The first-order valence-corrected chi connectivity index (χ1v) is 10.1. The number of nitrogens with zero attached hydrogens (tertiary/aromatic N) is 1. The van der Waals surface area contributed by atoms with Gasteiger partial charge in [-0.3, -0.25) is 4.79 Å². The maximum absolute atomic E-state index is 12.7. The third-order valence-corrected chi connectivity index (χ3v) is 6.09. The summed E-state index contributed by atoms with van der Waals surface area (Å²) in [4.78, 5) is 17.8. The van der Waals surface area contributed by atoms with Crippen LogP contribution in [0.15, 0.2) is 60.7 Å². The quantitative estimate of drug-likeness (QED) is 0.431. The van der Waals surface area contributed by atoms with Crippen LogP contribution in [0.5, 0.6) is 0 Å². The number of hydrogen-bond donors (Lipinski definition) is 1. The fraction of sp³-hybridized carbons (Fsp3) is 0.182. The lowest BCUT2D eigenvalue weighted by atomic mass is 10.1. The van der Waals surface area contributed by atoms with Crippen LogP contribution < -0.4 is 5.32 Å². The standard InChI is InChI=1S/C22H19ClN2OS/c1-14(11-12-15-7-3-2-4-8-15)24-22(26)19-13-17-20(27-19)16-9-5-6-10-18(16)25-21(17)23/h2-10,13-14H,11-12H2,1H3,(H,24,26)/t14-/m1/s1. The molecule has 3 nitrogen and oxygen atoms in total. The van der Waals surface area contributed by atoms with Crippen molar-refractivity contribution in [2.75, 3.05) is 0 Å². The SMILES string of the molecule is C[C@H](CCc1ccccc1)NC(=O)c1cc2c(Cl)nc3ccccc3c2s1. The molecule has 0 radical (unpaired) electrons. The average Bonchev–Trinajstić information content (AvgIpc) is 3.14. The minimum Gasteiger partial charge on any atom is -0.349 e. The van der Waals surface area contributed by atoms with Crippen LogP contribution >= 0.6 is 22.9 Å². The molecule has 4 rings (SSSR count). The smallest absolute Gasteiger partial charge is 0.261 e. The van der Waals surface area contributed by atoms with Crippen LogP contribution in [0.25, 0.3) is 21.0 Å². The van der Waals surface area contributed by atoms with E-state index in [0.717, 1.165) is 33.8 Å². The lowest BCUT2D eigenvalue weighted by Gasteiger charge is -2.13. The topological polar surface area (TPSA) is 42.0 Å². The van der Waals surface area contributed by atoms with E-state index in [1.54, 1.807) is 0 Å². The number of para-hydroxylation sites is 1. The number of carbonyl (C=O) groups is 1. The summed E-state index contributed by atoms with van der Waals surface area (Å²) >= 11 is 7.81. The minimum absolute atomic E-state index is 0.0584. The number of carbonyl (C=O) groups excluding carboxylic acids is 1. The Hall–Kier alpha value is -2.43. The third kappa shape index (κ3) is 3.82. The Labute approximate surface area is 167 Å². The Kier molecular flexibility index (Phi) is 5.10. The van der Waals surface area contributed by atoms with E-state index >= 15 is 0 Å². The molecule has 0 aliphatic carbocycles. The van der Waals surface area contributed by atoms with Gasteiger partial charge in [-0.15, -0.1) is 11.3 Å². The summed E-state index contributed by atoms with van der Waals surface area (Å²) in [7, 11) is 0. The van der Waals surface area contributed by atoms with Gasteiger partial charge in [-0.2, -0.15) is 0 Å². The third-order valence-electron chi connectivity index (χ3n) is 4.63. The van der Waals surface area contributed by atoms with Crippen molar-refractivity contribution in [3.8, 4) is 0 Å². The molecule has 5 heteroatoms. The molecule has 0 aliphatic heterocycles. The Morgan fingerprint density at radius 3 is 2.67 bits per heavy atom. The van der Waals surface area contributed by atoms with Gasteiger partial charge in [0.2, 0.25) is 0 Å². The summed E-state index contributed by atoms with van der Waals surface area (Å²) < 4.78 is 1.01. The highest BCUT2D eigenvalue weighted by Gasteiger charge is 2.16. The first-order valence-electron chi connectivity index (χ1n) is 8.94. The zero-order valence-corrected chi connectivity index (χ0v) is 16.5. The number of nitrogens with one attached hydrogen (secondary N) is 1. The molecule has 1 atom stereocenters. The molecule has 0 fully saturated rings. The first-order chi connectivity index (χ1) is 13.1. The monoisotopic (exact) mass is 394 g/mol. The van der Waals surface area contributed by atoms with E-state index in [1.807, 2.05) is 55.5 Å². The Morgan fingerprint density at radius 2 is 1.85 bits per heavy atom. The van der Waals surface area contributed by atoms with Crippen LogP contribution in [-0.4, -0.2) is 16.9 Å². The average molecular weight is 395 g/mol. The molecule has 4 aromatic rings. The first kappa shape index (κ1) is 18.0. The number of rotatable bonds is 5. The fourth-order valence-electron chi connectivity index (χ4n) is 3.18. The van der Waals surface area contributed by atoms with Gasteiger partial charge in [0, 0.05) is 21.5 Å². The van der Waals surface area contributed by atoms with E-state index in [9.17, 15) is 4.79 Å². The van der Waals surface area contributed by atoms with Crippen molar-refractivity contribution >= 4 is 49.8 Å². The van der Waals surface area contributed by atoms with Crippen LogP contribution in [0.2, 0.25) is 5.15 Å². The van der Waals surface area contributed by atoms with E-state index in [2.05, 4.69) is 22.4 Å². The predicted molar refractivity (Wildman–Crippen MR) is 114 cm³/mol. The summed E-state index contributed by atoms with van der Waals surface area (Å²) in [5.41, 5.74) is 2.13. The van der Waals surface area contributed by atoms with E-state index in [0.29, 0.717) is 10.0 Å². The Balaban J connectivity index is 1.52. The maximum Gasteiger partial charge on any atom is 0.261 e. The number of pyridine rings is 1. The molecule has 0 aliphatic rings. The van der Waals surface area contributed by atoms with Gasteiger partial charge in [0.05, 0.1) is 10.4 Å². The number of amides is 1. The molecule has 0 saturated carbocycles. The number of thiophene rings is 1. The number of aromatic nitrogens is 1. The molecule has 2 aromatic carbocycles. The van der Waals surface area contributed by atoms with Crippen LogP contribution in [0, 0.1) is 0 Å². The molecule has 0 unspecified atom stereocenters. The molecular formula is C22H19ClN2OS. The molecule has 0 spiro atoms. The van der Waals surface area contributed by atoms with Crippen LogP contribution in [0.1, 0.15) is 28.6 Å². The van der Waals surface area contributed by atoms with E-state index in [-0.39, 0.29) is 11.9 Å². The lowest BCUT2D eigenvalue weighted by molar-refractivity contribution is 0.0942. The van der Waals surface area contributed by atoms with Crippen molar-refractivity contribution in [1.82, 2.24) is 10.3 Å². The van der Waals surface area contributed by atoms with Crippen LogP contribution in [0.3, 0.4) is 0 Å². The summed E-state index contributed by atoms with van der Waals surface area (Å²) in [6.45, 7) is 2.04. The van der Waals surface area contributed by atoms with Crippen molar-refractivity contribution < 1.29 is 4.79 Å². The molecule has 0 bridgehead atoms. The van der Waals surface area contributed by atoms with E-state index < -0.39 is 0 Å². The van der Waals surface area contributed by atoms with Gasteiger partial charge < -0.3 is 5.32 Å². The number of benzene rings is 2. The fourth-order valence-corrected chi connectivity index (χ4v) is 4.57. The molecule has 1 N–H and O–H groups in total. The molecule has 2 heterocycles. The number of halogens is 1.